The van der Waals surface area contributed by atoms with Crippen LogP contribution in [0.5, 0.6) is 0 Å². The maximum absolute atomic E-state index is 9.47. The van der Waals surface area contributed by atoms with Crippen LogP contribution in [0.2, 0.25) is 0 Å². The van der Waals surface area contributed by atoms with E-state index in [4.69, 9.17) is 0 Å². The number of hydrogen-bond donors (Lipinski definition) is 1. The van der Waals surface area contributed by atoms with E-state index in [1.807, 2.05) is 12.1 Å². The number of benzene rings is 1. The highest BCUT2D eigenvalue weighted by Crippen LogP contribution is 2.14. The van der Waals surface area contributed by atoms with Crippen molar-refractivity contribution in [3.63, 3.8) is 0 Å². The van der Waals surface area contributed by atoms with E-state index in [2.05, 4.69) is 51.6 Å². The van der Waals surface area contributed by atoms with Crippen LogP contribution in [0.1, 0.15) is 28.9 Å². The Labute approximate surface area is 150 Å². The van der Waals surface area contributed by atoms with Gasteiger partial charge in [0.15, 0.2) is 0 Å². The maximum Gasteiger partial charge on any atom is 0.0685 e. The first-order valence-corrected chi connectivity index (χ1v) is 9.29. The van der Waals surface area contributed by atoms with Gasteiger partial charge in [0.25, 0.3) is 0 Å². The topological polar surface area (TPSA) is 44.5 Å². The molecule has 1 aromatic carbocycles. The molecule has 136 valence electrons. The number of piperazine rings is 1. The third-order valence-electron chi connectivity index (χ3n) is 5.10. The molecule has 0 amide bonds. The van der Waals surface area contributed by atoms with E-state index < -0.39 is 0 Å². The van der Waals surface area contributed by atoms with Crippen LogP contribution in [-0.4, -0.2) is 57.4 Å². The van der Waals surface area contributed by atoms with Crippen molar-refractivity contribution in [1.29, 1.82) is 0 Å². The van der Waals surface area contributed by atoms with Crippen molar-refractivity contribution in [2.24, 2.45) is 0 Å². The fourth-order valence-corrected chi connectivity index (χ4v) is 3.62. The van der Waals surface area contributed by atoms with Gasteiger partial charge in [-0.15, -0.1) is 0 Å². The van der Waals surface area contributed by atoms with E-state index in [0.717, 1.165) is 63.5 Å². The van der Waals surface area contributed by atoms with Gasteiger partial charge in [0.1, 0.15) is 0 Å². The highest BCUT2D eigenvalue weighted by Gasteiger charge is 2.17. The summed E-state index contributed by atoms with van der Waals surface area (Å²) in [5.74, 6) is 0. The molecule has 1 N–H and O–H groups in total. The van der Waals surface area contributed by atoms with Gasteiger partial charge < -0.3 is 10.0 Å². The molecule has 0 radical (unpaired) electrons. The fraction of sp³-hybridized carbons (Fsp3) is 0.550. The van der Waals surface area contributed by atoms with Crippen molar-refractivity contribution in [3.8, 4) is 0 Å². The Balaban J connectivity index is 1.40. The minimum atomic E-state index is 0.127. The zero-order chi connectivity index (χ0) is 17.6. The lowest BCUT2D eigenvalue weighted by atomic mass is 10.1. The van der Waals surface area contributed by atoms with Gasteiger partial charge in [-0.1, -0.05) is 24.3 Å². The van der Waals surface area contributed by atoms with Crippen LogP contribution in [0, 0.1) is 13.8 Å². The highest BCUT2D eigenvalue weighted by molar-refractivity contribution is 5.26. The van der Waals surface area contributed by atoms with Gasteiger partial charge in [0.2, 0.25) is 0 Å². The minimum Gasteiger partial charge on any atom is -0.392 e. The Bertz CT molecular complexity index is 674. The number of rotatable bonds is 7. The SMILES string of the molecule is Cc1cc(C)n(CCCN2CCN(Cc3ccccc3CO)CC2)n1. The first-order chi connectivity index (χ1) is 12.2. The molecule has 0 aliphatic carbocycles. The van der Waals surface area contributed by atoms with Gasteiger partial charge in [-0.25, -0.2) is 0 Å². The van der Waals surface area contributed by atoms with Crippen molar-refractivity contribution in [2.45, 2.75) is 40.0 Å². The van der Waals surface area contributed by atoms with E-state index >= 15 is 0 Å². The zero-order valence-corrected chi connectivity index (χ0v) is 15.5. The third-order valence-corrected chi connectivity index (χ3v) is 5.10. The van der Waals surface area contributed by atoms with Crippen LogP contribution in [-0.2, 0) is 19.7 Å². The predicted octanol–water partition coefficient (Wildman–Crippen LogP) is 2.20. The molecule has 0 unspecified atom stereocenters. The molecule has 1 fully saturated rings. The molecule has 2 heterocycles. The normalized spacial score (nSPS) is 16.4. The number of aromatic nitrogens is 2. The number of aliphatic hydroxyl groups excluding tert-OH is 1. The summed E-state index contributed by atoms with van der Waals surface area (Å²) in [5, 5.41) is 14.0. The maximum atomic E-state index is 9.47. The number of aliphatic hydroxyl groups is 1. The van der Waals surface area contributed by atoms with Gasteiger partial charge in [0.05, 0.1) is 12.3 Å². The standard InChI is InChI=1S/C20H30N4O/c1-17-14-18(2)24(21-17)9-5-8-22-10-12-23(13-11-22)15-19-6-3-4-7-20(19)16-25/h3-4,6-7,14,25H,5,8-13,15-16H2,1-2H3. The Morgan fingerprint density at radius 3 is 2.28 bits per heavy atom. The summed E-state index contributed by atoms with van der Waals surface area (Å²) >= 11 is 0. The van der Waals surface area contributed by atoms with E-state index in [-0.39, 0.29) is 6.61 Å². The molecule has 0 saturated carbocycles. The average molecular weight is 342 g/mol. The van der Waals surface area contributed by atoms with Gasteiger partial charge >= 0.3 is 0 Å². The molecule has 5 nitrogen and oxygen atoms in total. The molecule has 5 heteroatoms. The molecule has 25 heavy (non-hydrogen) atoms. The Morgan fingerprint density at radius 1 is 0.960 bits per heavy atom. The number of nitrogens with zero attached hydrogens (tertiary/aromatic N) is 4. The second kappa shape index (κ2) is 8.61. The van der Waals surface area contributed by atoms with Crippen LogP contribution >= 0.6 is 0 Å². The van der Waals surface area contributed by atoms with Gasteiger partial charge in [0, 0.05) is 45.0 Å². The lowest BCUT2D eigenvalue weighted by Crippen LogP contribution is -2.46. The smallest absolute Gasteiger partial charge is 0.0685 e. The molecule has 0 atom stereocenters. The van der Waals surface area contributed by atoms with E-state index in [1.54, 1.807) is 0 Å². The van der Waals surface area contributed by atoms with Crippen molar-refractivity contribution >= 4 is 0 Å². The first-order valence-electron chi connectivity index (χ1n) is 9.29. The van der Waals surface area contributed by atoms with Crippen LogP contribution in [0.25, 0.3) is 0 Å². The summed E-state index contributed by atoms with van der Waals surface area (Å²) in [6, 6.07) is 10.3. The number of hydrogen-bond acceptors (Lipinski definition) is 4. The van der Waals surface area contributed by atoms with Crippen molar-refractivity contribution in [3.05, 3.63) is 52.8 Å². The van der Waals surface area contributed by atoms with Crippen LogP contribution in [0.4, 0.5) is 0 Å². The van der Waals surface area contributed by atoms with Crippen LogP contribution in [0.15, 0.2) is 30.3 Å². The predicted molar refractivity (Wildman–Crippen MR) is 100 cm³/mol. The van der Waals surface area contributed by atoms with Crippen molar-refractivity contribution in [1.82, 2.24) is 19.6 Å². The molecule has 0 bridgehead atoms. The molecular weight excluding hydrogens is 312 g/mol. The average Bonchev–Trinajstić information content (AvgIpc) is 2.94. The Morgan fingerprint density at radius 2 is 1.64 bits per heavy atom. The quantitative estimate of drug-likeness (QED) is 0.838. The monoisotopic (exact) mass is 342 g/mol. The second-order valence-corrected chi connectivity index (χ2v) is 7.05. The number of aryl methyl sites for hydroxylation is 3. The molecule has 3 rings (SSSR count). The van der Waals surface area contributed by atoms with E-state index in [0.29, 0.717) is 0 Å². The summed E-state index contributed by atoms with van der Waals surface area (Å²) in [4.78, 5) is 5.05. The molecule has 1 saturated heterocycles. The molecule has 1 aromatic heterocycles. The summed E-state index contributed by atoms with van der Waals surface area (Å²) in [6.07, 6.45) is 1.15. The van der Waals surface area contributed by atoms with Gasteiger partial charge in [-0.2, -0.15) is 5.10 Å². The molecule has 0 spiro atoms. The molecule has 1 aliphatic rings. The summed E-state index contributed by atoms with van der Waals surface area (Å²) < 4.78 is 2.12. The van der Waals surface area contributed by atoms with Gasteiger partial charge in [-0.05, 0) is 44.0 Å². The van der Waals surface area contributed by atoms with Gasteiger partial charge in [-0.3, -0.25) is 9.58 Å². The first kappa shape index (κ1) is 18.1. The minimum absolute atomic E-state index is 0.127. The Hall–Kier alpha value is -1.69. The van der Waals surface area contributed by atoms with E-state index in [9.17, 15) is 5.11 Å². The lowest BCUT2D eigenvalue weighted by Gasteiger charge is -2.35. The largest absolute Gasteiger partial charge is 0.392 e. The van der Waals surface area contributed by atoms with E-state index in [1.165, 1.54) is 11.3 Å². The van der Waals surface area contributed by atoms with Crippen molar-refractivity contribution < 1.29 is 5.11 Å². The third kappa shape index (κ3) is 4.91. The highest BCUT2D eigenvalue weighted by atomic mass is 16.3. The lowest BCUT2D eigenvalue weighted by molar-refractivity contribution is 0.124. The molecular formula is C20H30N4O. The fourth-order valence-electron chi connectivity index (χ4n) is 3.62. The second-order valence-electron chi connectivity index (χ2n) is 7.05. The molecule has 1 aliphatic heterocycles. The summed E-state index contributed by atoms with van der Waals surface area (Å²) in [7, 11) is 0. The molecule has 2 aromatic rings. The van der Waals surface area contributed by atoms with Crippen molar-refractivity contribution in [2.75, 3.05) is 32.7 Å². The summed E-state index contributed by atoms with van der Waals surface area (Å²) in [5.41, 5.74) is 4.66. The van der Waals surface area contributed by atoms with Crippen LogP contribution < -0.4 is 0 Å². The Kier molecular flexibility index (Phi) is 6.24. The van der Waals surface area contributed by atoms with Crippen LogP contribution in [0.3, 0.4) is 0 Å². The zero-order valence-electron chi connectivity index (χ0n) is 15.5. The summed E-state index contributed by atoms with van der Waals surface area (Å²) in [6.45, 7) is 11.8.